The molecule has 0 radical (unpaired) electrons. The lowest BCUT2D eigenvalue weighted by molar-refractivity contribution is 0.626. The molecule has 3 N–H and O–H groups in total. The first kappa shape index (κ1) is 10.2. The van der Waals surface area contributed by atoms with E-state index in [1.807, 2.05) is 24.4 Å². The number of hydrazine groups is 1. The lowest BCUT2D eigenvalue weighted by atomic mass is 10.2. The highest BCUT2D eigenvalue weighted by Gasteiger charge is 2.14. The van der Waals surface area contributed by atoms with Crippen LogP contribution in [0.5, 0.6) is 0 Å². The van der Waals surface area contributed by atoms with Crippen molar-refractivity contribution >= 4 is 11.3 Å². The molecule has 0 fully saturated rings. The molecule has 0 aliphatic rings. The third-order valence-corrected chi connectivity index (χ3v) is 3.03. The highest BCUT2D eigenvalue weighted by atomic mass is 32.1. The molecule has 2 aromatic heterocycles. The Balaban J connectivity index is 2.31. The number of nitrogens with one attached hydrogen (secondary N) is 1. The van der Waals surface area contributed by atoms with Crippen LogP contribution in [0.1, 0.15) is 22.3 Å². The Hall–Kier alpha value is -1.30. The summed E-state index contributed by atoms with van der Waals surface area (Å²) in [7, 11) is 0. The fourth-order valence-corrected chi connectivity index (χ4v) is 2.12. The van der Waals surface area contributed by atoms with Crippen LogP contribution in [0.3, 0.4) is 0 Å². The molecular formula is C10H12N4S. The molecule has 2 heterocycles. The number of nitrogens with zero attached hydrogens (tertiary/aromatic N) is 2. The van der Waals surface area contributed by atoms with Crippen molar-refractivity contribution in [3.8, 4) is 0 Å². The van der Waals surface area contributed by atoms with E-state index in [0.717, 1.165) is 16.3 Å². The highest BCUT2D eigenvalue weighted by molar-refractivity contribution is 7.10. The predicted octanol–water partition coefficient (Wildman–Crippen LogP) is 1.40. The van der Waals surface area contributed by atoms with Crippen molar-refractivity contribution in [3.05, 3.63) is 46.2 Å². The molecule has 0 amide bonds. The van der Waals surface area contributed by atoms with Gasteiger partial charge in [0.2, 0.25) is 0 Å². The van der Waals surface area contributed by atoms with Crippen molar-refractivity contribution in [2.45, 2.75) is 13.0 Å². The Bertz CT molecular complexity index is 409. The van der Waals surface area contributed by atoms with E-state index in [1.165, 1.54) is 0 Å². The minimum atomic E-state index is -0.0712. The van der Waals surface area contributed by atoms with Crippen LogP contribution < -0.4 is 11.3 Å². The van der Waals surface area contributed by atoms with Crippen molar-refractivity contribution in [2.75, 3.05) is 0 Å². The zero-order valence-electron chi connectivity index (χ0n) is 8.34. The van der Waals surface area contributed by atoms with Gasteiger partial charge in [0.15, 0.2) is 0 Å². The van der Waals surface area contributed by atoms with E-state index in [9.17, 15) is 0 Å². The number of aromatic nitrogens is 2. The largest absolute Gasteiger partial charge is 0.270 e. The molecule has 0 aromatic carbocycles. The average Bonchev–Trinajstić information content (AvgIpc) is 2.75. The maximum Gasteiger partial charge on any atom is 0.0988 e. The SMILES string of the molecule is Cc1cnc(C(NN)c2cccs2)cn1. The lowest BCUT2D eigenvalue weighted by Crippen LogP contribution is -2.29. The predicted molar refractivity (Wildman–Crippen MR) is 60.3 cm³/mol. The van der Waals surface area contributed by atoms with Gasteiger partial charge in [-0.15, -0.1) is 11.3 Å². The maximum atomic E-state index is 5.52. The van der Waals surface area contributed by atoms with Gasteiger partial charge in [0.05, 0.1) is 23.6 Å². The first-order chi connectivity index (χ1) is 7.31. The third-order valence-electron chi connectivity index (χ3n) is 2.09. The summed E-state index contributed by atoms with van der Waals surface area (Å²) < 4.78 is 0. The molecule has 0 bridgehead atoms. The Labute approximate surface area is 92.2 Å². The molecular weight excluding hydrogens is 208 g/mol. The van der Waals surface area contributed by atoms with Crippen LogP contribution in [0.2, 0.25) is 0 Å². The fourth-order valence-electron chi connectivity index (χ4n) is 1.32. The van der Waals surface area contributed by atoms with Crippen molar-refractivity contribution < 1.29 is 0 Å². The van der Waals surface area contributed by atoms with E-state index in [-0.39, 0.29) is 6.04 Å². The summed E-state index contributed by atoms with van der Waals surface area (Å²) in [6, 6.07) is 3.95. The summed E-state index contributed by atoms with van der Waals surface area (Å²) in [4.78, 5) is 9.65. The average molecular weight is 220 g/mol. The topological polar surface area (TPSA) is 63.8 Å². The van der Waals surface area contributed by atoms with Gasteiger partial charge < -0.3 is 0 Å². The molecule has 1 atom stereocenters. The van der Waals surface area contributed by atoms with E-state index in [1.54, 1.807) is 23.7 Å². The Morgan fingerprint density at radius 3 is 2.80 bits per heavy atom. The van der Waals surface area contributed by atoms with E-state index < -0.39 is 0 Å². The molecule has 5 heteroatoms. The summed E-state index contributed by atoms with van der Waals surface area (Å²) in [5.41, 5.74) is 4.49. The van der Waals surface area contributed by atoms with Crippen LogP contribution in [0.4, 0.5) is 0 Å². The monoisotopic (exact) mass is 220 g/mol. The first-order valence-electron chi connectivity index (χ1n) is 4.59. The zero-order valence-corrected chi connectivity index (χ0v) is 9.16. The van der Waals surface area contributed by atoms with Gasteiger partial charge in [-0.25, -0.2) is 5.43 Å². The number of aryl methyl sites for hydroxylation is 1. The molecule has 2 aromatic rings. The second-order valence-electron chi connectivity index (χ2n) is 3.20. The van der Waals surface area contributed by atoms with Crippen LogP contribution in [0.15, 0.2) is 29.9 Å². The quantitative estimate of drug-likeness (QED) is 0.606. The van der Waals surface area contributed by atoms with Gasteiger partial charge in [0.25, 0.3) is 0 Å². The minimum Gasteiger partial charge on any atom is -0.270 e. The van der Waals surface area contributed by atoms with Gasteiger partial charge >= 0.3 is 0 Å². The number of rotatable bonds is 3. The summed E-state index contributed by atoms with van der Waals surface area (Å²) >= 11 is 1.64. The summed E-state index contributed by atoms with van der Waals surface area (Å²) in [5.74, 6) is 5.52. The van der Waals surface area contributed by atoms with Gasteiger partial charge in [-0.05, 0) is 18.4 Å². The lowest BCUT2D eigenvalue weighted by Gasteiger charge is -2.12. The third kappa shape index (κ3) is 2.20. The summed E-state index contributed by atoms with van der Waals surface area (Å²) in [6.07, 6.45) is 3.49. The molecule has 2 rings (SSSR count). The van der Waals surface area contributed by atoms with Crippen molar-refractivity contribution in [3.63, 3.8) is 0 Å². The highest BCUT2D eigenvalue weighted by Crippen LogP contribution is 2.23. The first-order valence-corrected chi connectivity index (χ1v) is 5.47. The van der Waals surface area contributed by atoms with Crippen LogP contribution in [0.25, 0.3) is 0 Å². The standard InChI is InChI=1S/C10H12N4S/c1-7-5-13-8(6-12-7)10(14-11)9-3-2-4-15-9/h2-6,10,14H,11H2,1H3. The Morgan fingerprint density at radius 2 is 2.27 bits per heavy atom. The molecule has 0 aliphatic heterocycles. The Kier molecular flexibility index (Phi) is 3.05. The number of thiophene rings is 1. The summed E-state index contributed by atoms with van der Waals surface area (Å²) in [5, 5.41) is 2.02. The van der Waals surface area contributed by atoms with E-state index in [2.05, 4.69) is 15.4 Å². The second-order valence-corrected chi connectivity index (χ2v) is 4.18. The molecule has 0 aliphatic carbocycles. The van der Waals surface area contributed by atoms with Gasteiger partial charge in [-0.1, -0.05) is 6.07 Å². The summed E-state index contributed by atoms with van der Waals surface area (Å²) in [6.45, 7) is 1.91. The number of nitrogens with two attached hydrogens (primary N) is 1. The minimum absolute atomic E-state index is 0.0712. The van der Waals surface area contributed by atoms with Gasteiger partial charge in [-0.3, -0.25) is 15.8 Å². The van der Waals surface area contributed by atoms with Crippen molar-refractivity contribution in [1.82, 2.24) is 15.4 Å². The van der Waals surface area contributed by atoms with Crippen LogP contribution in [-0.4, -0.2) is 9.97 Å². The molecule has 0 saturated carbocycles. The van der Waals surface area contributed by atoms with Crippen LogP contribution in [-0.2, 0) is 0 Å². The maximum absolute atomic E-state index is 5.52. The van der Waals surface area contributed by atoms with Crippen molar-refractivity contribution in [1.29, 1.82) is 0 Å². The normalized spacial score (nSPS) is 12.7. The van der Waals surface area contributed by atoms with Gasteiger partial charge in [0.1, 0.15) is 0 Å². The molecule has 1 unspecified atom stereocenters. The molecule has 4 nitrogen and oxygen atoms in total. The zero-order chi connectivity index (χ0) is 10.7. The molecule has 0 spiro atoms. The smallest absolute Gasteiger partial charge is 0.0988 e. The van der Waals surface area contributed by atoms with Crippen LogP contribution in [0, 0.1) is 6.92 Å². The van der Waals surface area contributed by atoms with E-state index in [4.69, 9.17) is 5.84 Å². The number of hydrogen-bond acceptors (Lipinski definition) is 5. The second kappa shape index (κ2) is 4.48. The molecule has 78 valence electrons. The van der Waals surface area contributed by atoms with Crippen molar-refractivity contribution in [2.24, 2.45) is 5.84 Å². The van der Waals surface area contributed by atoms with E-state index >= 15 is 0 Å². The van der Waals surface area contributed by atoms with Gasteiger partial charge in [0, 0.05) is 11.1 Å². The van der Waals surface area contributed by atoms with E-state index in [0.29, 0.717) is 0 Å². The fraction of sp³-hybridized carbons (Fsp3) is 0.200. The number of hydrogen-bond donors (Lipinski definition) is 2. The molecule has 15 heavy (non-hydrogen) atoms. The van der Waals surface area contributed by atoms with Gasteiger partial charge in [-0.2, -0.15) is 0 Å². The molecule has 0 saturated heterocycles. The Morgan fingerprint density at radius 1 is 1.40 bits per heavy atom. The van der Waals surface area contributed by atoms with Crippen LogP contribution >= 0.6 is 11.3 Å².